The third-order valence-corrected chi connectivity index (χ3v) is 4.37. The summed E-state index contributed by atoms with van der Waals surface area (Å²) < 4.78 is 31.8. The summed E-state index contributed by atoms with van der Waals surface area (Å²) in [5.74, 6) is 0.692. The first-order chi connectivity index (χ1) is 12.6. The number of ether oxygens (including phenoxy) is 1. The number of aromatic nitrogens is 3. The highest BCUT2D eigenvalue weighted by Gasteiger charge is 2.24. The van der Waals surface area contributed by atoms with E-state index < -0.39 is 6.43 Å². The molecule has 0 saturated heterocycles. The minimum atomic E-state index is -2.64. The summed E-state index contributed by atoms with van der Waals surface area (Å²) >= 11 is 0. The van der Waals surface area contributed by atoms with E-state index in [0.29, 0.717) is 30.3 Å². The van der Waals surface area contributed by atoms with Crippen molar-refractivity contribution in [3.63, 3.8) is 0 Å². The van der Waals surface area contributed by atoms with E-state index in [0.717, 1.165) is 29.4 Å². The fraction of sp³-hybridized carbons (Fsp3) is 0.316. The van der Waals surface area contributed by atoms with E-state index in [-0.39, 0.29) is 11.6 Å². The number of nitrogens with two attached hydrogens (primary N) is 1. The monoisotopic (exact) mass is 356 g/mol. The van der Waals surface area contributed by atoms with E-state index in [1.54, 1.807) is 12.3 Å². The topological polar surface area (TPSA) is 73.9 Å². The molecule has 134 valence electrons. The molecule has 4 rings (SSSR count). The van der Waals surface area contributed by atoms with Crippen LogP contribution in [0.25, 0.3) is 22.2 Å². The van der Waals surface area contributed by atoms with Crippen LogP contribution >= 0.6 is 0 Å². The van der Waals surface area contributed by atoms with Crippen molar-refractivity contribution in [2.45, 2.75) is 25.8 Å². The lowest BCUT2D eigenvalue weighted by molar-refractivity contribution is 0.144. The zero-order valence-corrected chi connectivity index (χ0v) is 14.0. The fourth-order valence-electron chi connectivity index (χ4n) is 2.68. The van der Waals surface area contributed by atoms with E-state index in [9.17, 15) is 8.78 Å². The first-order valence-electron chi connectivity index (χ1n) is 8.52. The van der Waals surface area contributed by atoms with Crippen molar-refractivity contribution in [2.24, 2.45) is 11.7 Å². The summed E-state index contributed by atoms with van der Waals surface area (Å²) in [6.07, 6.45) is 1.28. The van der Waals surface area contributed by atoms with Gasteiger partial charge in [0.05, 0.1) is 29.1 Å². The van der Waals surface area contributed by atoms with Crippen molar-refractivity contribution in [1.82, 2.24) is 15.0 Å². The summed E-state index contributed by atoms with van der Waals surface area (Å²) in [5.41, 5.74) is 8.04. The van der Waals surface area contributed by atoms with Crippen LogP contribution in [0.15, 0.2) is 36.5 Å². The van der Waals surface area contributed by atoms with Crippen LogP contribution in [0.4, 0.5) is 8.78 Å². The number of halogens is 2. The molecule has 2 N–H and O–H groups in total. The molecule has 3 aromatic heterocycles. The second-order valence-corrected chi connectivity index (χ2v) is 6.41. The predicted octanol–water partition coefficient (Wildman–Crippen LogP) is 3.88. The molecule has 0 atom stereocenters. The summed E-state index contributed by atoms with van der Waals surface area (Å²) in [6, 6.07) is 8.43. The van der Waals surface area contributed by atoms with E-state index in [4.69, 9.17) is 10.5 Å². The normalized spacial score (nSPS) is 14.2. The Balaban J connectivity index is 1.75. The SMILES string of the molecule is NCc1cc2nc(-c3ccc(C(F)F)nc3OCC3CC3)ccc2cn1. The molecule has 1 fully saturated rings. The molecule has 0 unspecified atom stereocenters. The van der Waals surface area contributed by atoms with Crippen molar-refractivity contribution in [1.29, 1.82) is 0 Å². The quantitative estimate of drug-likeness (QED) is 0.726. The van der Waals surface area contributed by atoms with Crippen molar-refractivity contribution in [3.05, 3.63) is 47.9 Å². The number of alkyl halides is 2. The third-order valence-electron chi connectivity index (χ3n) is 4.37. The molecule has 0 aromatic carbocycles. The number of rotatable bonds is 6. The Labute approximate surface area is 149 Å². The van der Waals surface area contributed by atoms with Crippen molar-refractivity contribution in [3.8, 4) is 17.1 Å². The van der Waals surface area contributed by atoms with Crippen molar-refractivity contribution < 1.29 is 13.5 Å². The van der Waals surface area contributed by atoms with Gasteiger partial charge in [0, 0.05) is 18.1 Å². The van der Waals surface area contributed by atoms with Gasteiger partial charge in [0.1, 0.15) is 5.69 Å². The largest absolute Gasteiger partial charge is 0.477 e. The Morgan fingerprint density at radius 1 is 1.15 bits per heavy atom. The lowest BCUT2D eigenvalue weighted by atomic mass is 10.1. The maximum atomic E-state index is 13.0. The molecular weight excluding hydrogens is 338 g/mol. The highest BCUT2D eigenvalue weighted by molar-refractivity contribution is 5.81. The fourth-order valence-corrected chi connectivity index (χ4v) is 2.68. The van der Waals surface area contributed by atoms with Gasteiger partial charge in [-0.2, -0.15) is 0 Å². The molecule has 0 aliphatic heterocycles. The molecule has 3 heterocycles. The lowest BCUT2D eigenvalue weighted by Gasteiger charge is -2.12. The van der Waals surface area contributed by atoms with Gasteiger partial charge in [-0.25, -0.2) is 18.7 Å². The molecule has 1 aliphatic rings. The van der Waals surface area contributed by atoms with Gasteiger partial charge in [-0.05, 0) is 49.1 Å². The van der Waals surface area contributed by atoms with Crippen molar-refractivity contribution >= 4 is 10.9 Å². The number of pyridine rings is 3. The van der Waals surface area contributed by atoms with Crippen LogP contribution < -0.4 is 10.5 Å². The second kappa shape index (κ2) is 6.92. The van der Waals surface area contributed by atoms with Gasteiger partial charge in [-0.1, -0.05) is 0 Å². The minimum Gasteiger partial charge on any atom is -0.477 e. The van der Waals surface area contributed by atoms with Gasteiger partial charge in [-0.15, -0.1) is 0 Å². The standard InChI is InChI=1S/C19H18F2N4O/c20-18(21)16-6-4-14(19(25-16)26-10-11-1-2-11)15-5-3-12-9-23-13(8-22)7-17(12)24-15/h3-7,9,11,18H,1-2,8,10,22H2. The second-order valence-electron chi connectivity index (χ2n) is 6.41. The summed E-state index contributed by atoms with van der Waals surface area (Å²) in [6.45, 7) is 0.809. The van der Waals surface area contributed by atoms with Gasteiger partial charge in [0.15, 0.2) is 0 Å². The maximum Gasteiger partial charge on any atom is 0.280 e. The Bertz CT molecular complexity index is 944. The zero-order chi connectivity index (χ0) is 18.1. The van der Waals surface area contributed by atoms with Gasteiger partial charge >= 0.3 is 0 Å². The van der Waals surface area contributed by atoms with Crippen LogP contribution in [-0.2, 0) is 6.54 Å². The maximum absolute atomic E-state index is 13.0. The van der Waals surface area contributed by atoms with Crippen LogP contribution in [0.2, 0.25) is 0 Å². The van der Waals surface area contributed by atoms with Gasteiger partial charge < -0.3 is 10.5 Å². The summed E-state index contributed by atoms with van der Waals surface area (Å²) in [4.78, 5) is 12.9. The van der Waals surface area contributed by atoms with E-state index in [1.165, 1.54) is 6.07 Å². The molecule has 0 radical (unpaired) electrons. The van der Waals surface area contributed by atoms with Gasteiger partial charge in [0.2, 0.25) is 5.88 Å². The number of nitrogens with zero attached hydrogens (tertiary/aromatic N) is 3. The van der Waals surface area contributed by atoms with Gasteiger partial charge in [-0.3, -0.25) is 4.98 Å². The van der Waals surface area contributed by atoms with Gasteiger partial charge in [0.25, 0.3) is 6.43 Å². The number of hydrogen-bond donors (Lipinski definition) is 1. The predicted molar refractivity (Wildman–Crippen MR) is 93.8 cm³/mol. The third kappa shape index (κ3) is 3.48. The molecule has 7 heteroatoms. The molecule has 26 heavy (non-hydrogen) atoms. The Hall–Kier alpha value is -2.67. The minimum absolute atomic E-state index is 0.203. The molecule has 0 bridgehead atoms. The molecule has 3 aromatic rings. The Kier molecular flexibility index (Phi) is 4.46. The van der Waals surface area contributed by atoms with Crippen LogP contribution in [0.1, 0.15) is 30.7 Å². The molecular formula is C19H18F2N4O. The average Bonchev–Trinajstić information content (AvgIpc) is 3.49. The molecule has 5 nitrogen and oxygen atoms in total. The number of fused-ring (bicyclic) bond motifs is 1. The number of hydrogen-bond acceptors (Lipinski definition) is 5. The van der Waals surface area contributed by atoms with E-state index in [1.807, 2.05) is 18.2 Å². The first kappa shape index (κ1) is 16.8. The summed E-state index contributed by atoms with van der Waals surface area (Å²) in [7, 11) is 0. The molecule has 0 amide bonds. The summed E-state index contributed by atoms with van der Waals surface area (Å²) in [5, 5.41) is 0.878. The van der Waals surface area contributed by atoms with Crippen LogP contribution in [0.5, 0.6) is 5.88 Å². The first-order valence-corrected chi connectivity index (χ1v) is 8.52. The Morgan fingerprint density at radius 3 is 2.73 bits per heavy atom. The van der Waals surface area contributed by atoms with Crippen molar-refractivity contribution in [2.75, 3.05) is 6.61 Å². The zero-order valence-electron chi connectivity index (χ0n) is 14.0. The van der Waals surface area contributed by atoms with Crippen LogP contribution in [-0.4, -0.2) is 21.6 Å². The van der Waals surface area contributed by atoms with Crippen LogP contribution in [0, 0.1) is 5.92 Å². The van der Waals surface area contributed by atoms with Crippen LogP contribution in [0.3, 0.4) is 0 Å². The highest BCUT2D eigenvalue weighted by atomic mass is 19.3. The average molecular weight is 356 g/mol. The van der Waals surface area contributed by atoms with E-state index in [2.05, 4.69) is 15.0 Å². The Morgan fingerprint density at radius 2 is 2.00 bits per heavy atom. The molecule has 1 saturated carbocycles. The lowest BCUT2D eigenvalue weighted by Crippen LogP contribution is -2.05. The molecule has 1 aliphatic carbocycles. The smallest absolute Gasteiger partial charge is 0.280 e. The highest BCUT2D eigenvalue weighted by Crippen LogP contribution is 2.34. The van der Waals surface area contributed by atoms with E-state index >= 15 is 0 Å². The molecule has 0 spiro atoms.